The fourth-order valence-electron chi connectivity index (χ4n) is 2.39. The Labute approximate surface area is 86.6 Å². The first-order valence-corrected chi connectivity index (χ1v) is 5.78. The van der Waals surface area contributed by atoms with E-state index in [-0.39, 0.29) is 11.8 Å². The number of hydrogen-bond acceptors (Lipinski definition) is 3. The smallest absolute Gasteiger partial charge is 0.109 e. The third kappa shape index (κ3) is 2.69. The highest BCUT2D eigenvalue weighted by atomic mass is 16.5. The number of hydrogen-bond donors (Lipinski definition) is 2. The van der Waals surface area contributed by atoms with Crippen molar-refractivity contribution in [2.75, 3.05) is 19.6 Å². The van der Waals surface area contributed by atoms with Crippen LogP contribution in [-0.2, 0) is 4.74 Å². The van der Waals surface area contributed by atoms with Crippen LogP contribution in [0.25, 0.3) is 0 Å². The van der Waals surface area contributed by atoms with Gasteiger partial charge in [0, 0.05) is 6.54 Å². The monoisotopic (exact) mass is 198 g/mol. The van der Waals surface area contributed by atoms with Crippen LogP contribution in [0.3, 0.4) is 0 Å². The summed E-state index contributed by atoms with van der Waals surface area (Å²) in [5.41, 5.74) is 0.0345. The van der Waals surface area contributed by atoms with Gasteiger partial charge in [-0.15, -0.1) is 0 Å². The summed E-state index contributed by atoms with van der Waals surface area (Å²) in [6, 6.07) is 0. The summed E-state index contributed by atoms with van der Waals surface area (Å²) in [5, 5.41) is 6.89. The second-order valence-electron chi connectivity index (χ2n) is 5.20. The van der Waals surface area contributed by atoms with Crippen molar-refractivity contribution < 1.29 is 4.74 Å². The molecule has 2 unspecified atom stereocenters. The summed E-state index contributed by atoms with van der Waals surface area (Å²) in [4.78, 5) is 0. The summed E-state index contributed by atoms with van der Waals surface area (Å²) in [7, 11) is 0. The SMILES string of the molecule is CC1(C)CNC(CC2CCCNC2)O1. The molecule has 2 heterocycles. The summed E-state index contributed by atoms with van der Waals surface area (Å²) in [6.07, 6.45) is 4.13. The zero-order valence-electron chi connectivity index (χ0n) is 9.31. The molecule has 82 valence electrons. The van der Waals surface area contributed by atoms with Crippen LogP contribution in [0.5, 0.6) is 0 Å². The van der Waals surface area contributed by atoms with E-state index < -0.39 is 0 Å². The van der Waals surface area contributed by atoms with E-state index in [1.165, 1.54) is 25.9 Å². The van der Waals surface area contributed by atoms with E-state index in [0.717, 1.165) is 18.9 Å². The molecule has 0 aromatic rings. The van der Waals surface area contributed by atoms with Gasteiger partial charge < -0.3 is 10.1 Å². The Morgan fingerprint density at radius 1 is 1.43 bits per heavy atom. The first-order chi connectivity index (χ1) is 6.66. The molecule has 3 nitrogen and oxygen atoms in total. The van der Waals surface area contributed by atoms with Gasteiger partial charge >= 0.3 is 0 Å². The molecule has 0 amide bonds. The van der Waals surface area contributed by atoms with Crippen molar-refractivity contribution in [3.8, 4) is 0 Å². The van der Waals surface area contributed by atoms with E-state index in [1.807, 2.05) is 0 Å². The van der Waals surface area contributed by atoms with Gasteiger partial charge in [-0.25, -0.2) is 0 Å². The first kappa shape index (κ1) is 10.4. The molecular formula is C11H22N2O. The Morgan fingerprint density at radius 3 is 2.86 bits per heavy atom. The van der Waals surface area contributed by atoms with Crippen molar-refractivity contribution in [3.63, 3.8) is 0 Å². The van der Waals surface area contributed by atoms with E-state index in [2.05, 4.69) is 24.5 Å². The third-order valence-electron chi connectivity index (χ3n) is 3.16. The van der Waals surface area contributed by atoms with Gasteiger partial charge in [-0.05, 0) is 52.1 Å². The van der Waals surface area contributed by atoms with E-state index >= 15 is 0 Å². The lowest BCUT2D eigenvalue weighted by Crippen LogP contribution is -2.34. The Kier molecular flexibility index (Phi) is 3.10. The molecule has 3 heteroatoms. The molecule has 2 N–H and O–H groups in total. The van der Waals surface area contributed by atoms with Crippen molar-refractivity contribution in [1.29, 1.82) is 0 Å². The van der Waals surface area contributed by atoms with Crippen LogP contribution in [0.4, 0.5) is 0 Å². The van der Waals surface area contributed by atoms with Gasteiger partial charge in [-0.1, -0.05) is 0 Å². The van der Waals surface area contributed by atoms with Gasteiger partial charge in [0.25, 0.3) is 0 Å². The lowest BCUT2D eigenvalue weighted by Gasteiger charge is -2.26. The molecule has 2 rings (SSSR count). The van der Waals surface area contributed by atoms with Crippen molar-refractivity contribution in [2.45, 2.75) is 44.9 Å². The zero-order valence-corrected chi connectivity index (χ0v) is 9.31. The fourth-order valence-corrected chi connectivity index (χ4v) is 2.39. The summed E-state index contributed by atoms with van der Waals surface area (Å²) in [5.74, 6) is 0.801. The van der Waals surface area contributed by atoms with Crippen LogP contribution in [0, 0.1) is 5.92 Å². The minimum atomic E-state index is 0.0345. The van der Waals surface area contributed by atoms with Crippen molar-refractivity contribution >= 4 is 0 Å². The van der Waals surface area contributed by atoms with E-state index in [4.69, 9.17) is 4.74 Å². The maximum Gasteiger partial charge on any atom is 0.109 e. The Hall–Kier alpha value is -0.120. The third-order valence-corrected chi connectivity index (χ3v) is 3.16. The molecule has 2 aliphatic rings. The predicted octanol–water partition coefficient (Wildman–Crippen LogP) is 1.10. The minimum absolute atomic E-state index is 0.0345. The Balaban J connectivity index is 1.75. The standard InChI is InChI=1S/C11H22N2O/c1-11(2)8-13-10(14-11)6-9-4-3-5-12-7-9/h9-10,12-13H,3-8H2,1-2H3. The quantitative estimate of drug-likeness (QED) is 0.697. The van der Waals surface area contributed by atoms with Crippen LogP contribution in [0.1, 0.15) is 33.1 Å². The highest BCUT2D eigenvalue weighted by Crippen LogP contribution is 2.23. The van der Waals surface area contributed by atoms with Gasteiger partial charge in [-0.3, -0.25) is 5.32 Å². The van der Waals surface area contributed by atoms with E-state index in [0.29, 0.717) is 0 Å². The van der Waals surface area contributed by atoms with E-state index in [1.54, 1.807) is 0 Å². The molecule has 0 radical (unpaired) electrons. The van der Waals surface area contributed by atoms with Crippen LogP contribution in [0.15, 0.2) is 0 Å². The normalized spacial score (nSPS) is 37.3. The summed E-state index contributed by atoms with van der Waals surface area (Å²) in [6.45, 7) is 7.65. The van der Waals surface area contributed by atoms with Crippen LogP contribution < -0.4 is 10.6 Å². The molecular weight excluding hydrogens is 176 g/mol. The van der Waals surface area contributed by atoms with Crippen molar-refractivity contribution in [1.82, 2.24) is 10.6 Å². The molecule has 2 fully saturated rings. The topological polar surface area (TPSA) is 33.3 Å². The zero-order chi connectivity index (χ0) is 10.0. The minimum Gasteiger partial charge on any atom is -0.356 e. The molecule has 0 aromatic heterocycles. The van der Waals surface area contributed by atoms with Crippen molar-refractivity contribution in [2.24, 2.45) is 5.92 Å². The largest absolute Gasteiger partial charge is 0.356 e. The number of piperidine rings is 1. The highest BCUT2D eigenvalue weighted by molar-refractivity contribution is 4.83. The van der Waals surface area contributed by atoms with Crippen molar-refractivity contribution in [3.05, 3.63) is 0 Å². The summed E-state index contributed by atoms with van der Waals surface area (Å²) < 4.78 is 5.91. The fraction of sp³-hybridized carbons (Fsp3) is 1.00. The lowest BCUT2D eigenvalue weighted by atomic mass is 9.95. The maximum atomic E-state index is 5.91. The molecule has 2 atom stereocenters. The molecule has 2 aliphatic heterocycles. The van der Waals surface area contributed by atoms with Gasteiger partial charge in [-0.2, -0.15) is 0 Å². The first-order valence-electron chi connectivity index (χ1n) is 5.78. The molecule has 0 aromatic carbocycles. The Morgan fingerprint density at radius 2 is 2.29 bits per heavy atom. The average Bonchev–Trinajstić information content (AvgIpc) is 2.47. The van der Waals surface area contributed by atoms with E-state index in [9.17, 15) is 0 Å². The van der Waals surface area contributed by atoms with Gasteiger partial charge in [0.05, 0.1) is 5.60 Å². The van der Waals surface area contributed by atoms with Gasteiger partial charge in [0.2, 0.25) is 0 Å². The van der Waals surface area contributed by atoms with Crippen LogP contribution in [-0.4, -0.2) is 31.5 Å². The molecule has 0 spiro atoms. The number of nitrogens with one attached hydrogen (secondary N) is 2. The van der Waals surface area contributed by atoms with Gasteiger partial charge in [0.1, 0.15) is 6.23 Å². The lowest BCUT2D eigenvalue weighted by molar-refractivity contribution is -0.0258. The Bertz CT molecular complexity index is 188. The average molecular weight is 198 g/mol. The van der Waals surface area contributed by atoms with Crippen LogP contribution in [0.2, 0.25) is 0 Å². The second-order valence-corrected chi connectivity index (χ2v) is 5.20. The molecule has 0 saturated carbocycles. The second kappa shape index (κ2) is 4.17. The molecule has 0 aliphatic carbocycles. The predicted molar refractivity (Wildman–Crippen MR) is 57.2 cm³/mol. The van der Waals surface area contributed by atoms with Gasteiger partial charge in [0.15, 0.2) is 0 Å². The maximum absolute atomic E-state index is 5.91. The summed E-state index contributed by atoms with van der Waals surface area (Å²) >= 11 is 0. The molecule has 0 bridgehead atoms. The molecule has 14 heavy (non-hydrogen) atoms. The highest BCUT2D eigenvalue weighted by Gasteiger charge is 2.32. The number of rotatable bonds is 2. The molecule has 2 saturated heterocycles. The van der Waals surface area contributed by atoms with Crippen LogP contribution >= 0.6 is 0 Å². The number of ether oxygens (including phenoxy) is 1.